The monoisotopic (exact) mass is 529 g/mol. The van der Waals surface area contributed by atoms with Crippen LogP contribution in [0.5, 0.6) is 0 Å². The number of nitrogens with zero attached hydrogens (tertiary/aromatic N) is 7. The van der Waals surface area contributed by atoms with E-state index >= 15 is 0 Å². The molecular formula is C23H18F5N10+. The lowest BCUT2D eigenvalue weighted by molar-refractivity contribution is -0.145. The van der Waals surface area contributed by atoms with Gasteiger partial charge in [-0.15, -0.1) is 5.10 Å². The highest BCUT2D eigenvalue weighted by molar-refractivity contribution is 6.05. The van der Waals surface area contributed by atoms with Gasteiger partial charge in [0.25, 0.3) is 12.2 Å². The second-order valence-electron chi connectivity index (χ2n) is 7.88. The molecule has 4 aromatic rings. The fourth-order valence-corrected chi connectivity index (χ4v) is 3.91. The normalized spacial score (nSPS) is 12.8. The molecule has 0 saturated heterocycles. The minimum Gasteiger partial charge on any atom is -0.361 e. The molecule has 0 aliphatic rings. The van der Waals surface area contributed by atoms with Crippen LogP contribution in [0.15, 0.2) is 41.8 Å². The molecule has 3 heterocycles. The van der Waals surface area contributed by atoms with Crippen molar-refractivity contribution in [3.63, 3.8) is 0 Å². The summed E-state index contributed by atoms with van der Waals surface area (Å²) in [6.07, 6.45) is -0.238. The van der Waals surface area contributed by atoms with Crippen LogP contribution in [0.25, 0.3) is 16.8 Å². The lowest BCUT2D eigenvalue weighted by Gasteiger charge is -2.11. The van der Waals surface area contributed by atoms with E-state index < -0.39 is 29.6 Å². The average molecular weight is 529 g/mol. The summed E-state index contributed by atoms with van der Waals surface area (Å²) in [6, 6.07) is 5.01. The summed E-state index contributed by atoms with van der Waals surface area (Å²) in [6.45, 7) is 1.79. The highest BCUT2D eigenvalue weighted by Gasteiger charge is 2.35. The molecule has 38 heavy (non-hydrogen) atoms. The zero-order chi connectivity index (χ0) is 27.6. The number of halogens is 5. The van der Waals surface area contributed by atoms with Crippen molar-refractivity contribution in [2.24, 2.45) is 10.7 Å². The Bertz CT molecular complexity index is 1560. The van der Waals surface area contributed by atoms with E-state index in [1.54, 1.807) is 6.92 Å². The largest absolute Gasteiger partial charge is 0.451 e. The van der Waals surface area contributed by atoms with Gasteiger partial charge in [-0.25, -0.2) is 23.4 Å². The maximum Gasteiger partial charge on any atom is 0.451 e. The predicted molar refractivity (Wildman–Crippen MR) is 124 cm³/mol. The third-order valence-corrected chi connectivity index (χ3v) is 5.59. The molecule has 194 valence electrons. The summed E-state index contributed by atoms with van der Waals surface area (Å²) in [7, 11) is 0. The Kier molecular flexibility index (Phi) is 6.98. The van der Waals surface area contributed by atoms with Crippen molar-refractivity contribution in [1.82, 2.24) is 29.9 Å². The molecule has 1 unspecified atom stereocenters. The number of aromatic amines is 1. The SMILES string of the molecule is CCC(c1cn(-c2ccc(F)cc2F)nn1)c1[nH]c(C(N)=NC=[NH2+])c(-c2cnc(C(F)(F)F)nc2)c1C#N. The molecule has 0 spiro atoms. The second-order valence-corrected chi connectivity index (χ2v) is 7.88. The summed E-state index contributed by atoms with van der Waals surface area (Å²) in [4.78, 5) is 13.6. The van der Waals surface area contributed by atoms with Gasteiger partial charge in [-0.05, 0) is 23.5 Å². The quantitative estimate of drug-likeness (QED) is 0.189. The molecule has 1 atom stereocenters. The van der Waals surface area contributed by atoms with E-state index in [2.05, 4.69) is 30.3 Å². The molecule has 5 N–H and O–H groups in total. The summed E-state index contributed by atoms with van der Waals surface area (Å²) in [5, 5.41) is 23.5. The van der Waals surface area contributed by atoms with Crippen molar-refractivity contribution in [1.29, 1.82) is 5.26 Å². The topological polar surface area (TPSA) is 160 Å². The number of nitriles is 1. The van der Waals surface area contributed by atoms with Gasteiger partial charge in [0, 0.05) is 41.2 Å². The van der Waals surface area contributed by atoms with Gasteiger partial charge in [-0.1, -0.05) is 12.1 Å². The van der Waals surface area contributed by atoms with Gasteiger partial charge in [0.15, 0.2) is 5.82 Å². The van der Waals surface area contributed by atoms with Crippen molar-refractivity contribution < 1.29 is 27.4 Å². The Morgan fingerprint density at radius 2 is 2.00 bits per heavy atom. The van der Waals surface area contributed by atoms with Crippen molar-refractivity contribution >= 4 is 12.2 Å². The summed E-state index contributed by atoms with van der Waals surface area (Å²) >= 11 is 0. The Morgan fingerprint density at radius 3 is 2.58 bits per heavy atom. The summed E-state index contributed by atoms with van der Waals surface area (Å²) < 4.78 is 67.7. The fraction of sp³-hybridized carbons (Fsp3) is 0.174. The van der Waals surface area contributed by atoms with Crippen LogP contribution in [0.3, 0.4) is 0 Å². The van der Waals surface area contributed by atoms with Crippen LogP contribution < -0.4 is 11.1 Å². The van der Waals surface area contributed by atoms with Crippen LogP contribution in [0.1, 0.15) is 47.7 Å². The molecule has 4 rings (SSSR count). The first-order chi connectivity index (χ1) is 18.1. The van der Waals surface area contributed by atoms with E-state index in [1.165, 1.54) is 12.3 Å². The molecule has 0 aliphatic carbocycles. The number of rotatable bonds is 7. The summed E-state index contributed by atoms with van der Waals surface area (Å²) in [5.74, 6) is -3.76. The third-order valence-electron chi connectivity index (χ3n) is 5.59. The molecule has 0 aliphatic heterocycles. The zero-order valence-electron chi connectivity index (χ0n) is 19.5. The number of aromatic nitrogens is 6. The van der Waals surface area contributed by atoms with Gasteiger partial charge < -0.3 is 10.7 Å². The average Bonchev–Trinajstić information content (AvgIpc) is 3.50. The third kappa shape index (κ3) is 4.83. The molecule has 15 heteroatoms. The molecule has 10 nitrogen and oxygen atoms in total. The van der Waals surface area contributed by atoms with Gasteiger partial charge in [0.1, 0.15) is 23.3 Å². The Hall–Kier alpha value is -5.00. The van der Waals surface area contributed by atoms with E-state index in [0.29, 0.717) is 23.9 Å². The van der Waals surface area contributed by atoms with Gasteiger partial charge in [-0.3, -0.25) is 5.41 Å². The van der Waals surface area contributed by atoms with Crippen LogP contribution in [0, 0.1) is 23.0 Å². The number of amidine groups is 1. The number of hydrogen-bond donors (Lipinski definition) is 3. The molecule has 0 bridgehead atoms. The Morgan fingerprint density at radius 1 is 1.29 bits per heavy atom. The van der Waals surface area contributed by atoms with Crippen LogP contribution in [-0.4, -0.2) is 42.1 Å². The first-order valence-electron chi connectivity index (χ1n) is 10.9. The first-order valence-corrected chi connectivity index (χ1v) is 10.9. The highest BCUT2D eigenvalue weighted by atomic mass is 19.4. The number of hydrogen-bond acceptors (Lipinski definition) is 5. The number of nitrogens with two attached hydrogens (primary N) is 2. The van der Waals surface area contributed by atoms with Crippen LogP contribution in [-0.2, 0) is 6.18 Å². The number of nitrogens with one attached hydrogen (secondary N) is 1. The van der Waals surface area contributed by atoms with Crippen molar-refractivity contribution in [3.8, 4) is 22.9 Å². The van der Waals surface area contributed by atoms with Gasteiger partial charge in [0.05, 0.1) is 17.5 Å². The van der Waals surface area contributed by atoms with Crippen LogP contribution in [0.4, 0.5) is 22.0 Å². The minimum absolute atomic E-state index is 0.0212. The number of benzene rings is 1. The van der Waals surface area contributed by atoms with Crippen molar-refractivity contribution in [3.05, 3.63) is 76.9 Å². The molecule has 1 aromatic carbocycles. The molecule has 0 radical (unpaired) electrons. The number of alkyl halides is 3. The molecule has 0 fully saturated rings. The van der Waals surface area contributed by atoms with Crippen molar-refractivity contribution in [2.45, 2.75) is 25.4 Å². The van der Waals surface area contributed by atoms with Crippen LogP contribution >= 0.6 is 0 Å². The number of H-pyrrole nitrogens is 1. The lowest BCUT2D eigenvalue weighted by atomic mass is 9.93. The number of aliphatic imine (C=N–C) groups is 1. The van der Waals surface area contributed by atoms with E-state index in [4.69, 9.17) is 11.1 Å². The molecule has 0 saturated carbocycles. The zero-order valence-corrected chi connectivity index (χ0v) is 19.5. The van der Waals surface area contributed by atoms with Gasteiger partial charge in [0.2, 0.25) is 5.82 Å². The summed E-state index contributed by atoms with van der Waals surface area (Å²) in [5.41, 5.74) is 6.89. The fourth-order valence-electron chi connectivity index (χ4n) is 3.91. The Labute approximate surface area is 211 Å². The smallest absolute Gasteiger partial charge is 0.361 e. The Balaban J connectivity index is 1.86. The van der Waals surface area contributed by atoms with Crippen LogP contribution in [0.2, 0.25) is 0 Å². The van der Waals surface area contributed by atoms with E-state index in [9.17, 15) is 27.2 Å². The maximum atomic E-state index is 14.3. The maximum absolute atomic E-state index is 14.3. The van der Waals surface area contributed by atoms with Gasteiger partial charge in [-0.2, -0.15) is 18.4 Å². The standard InChI is InChI=1S/C23H17F5N10/c1-2-13(16-9-38(37-36-16)17-4-3-12(24)5-15(17)25)19-14(6-29)18(20(35-19)21(31)34-10-30)11-7-32-22(33-8-11)23(26,27)28/h3-5,7-10,13,35H,2H2,1H3,(H3,30,31,34)/p+1. The first kappa shape index (κ1) is 26.1. The van der Waals surface area contributed by atoms with Gasteiger partial charge >= 0.3 is 6.18 Å². The predicted octanol–water partition coefficient (Wildman–Crippen LogP) is 2.26. The minimum atomic E-state index is -4.76. The molecule has 3 aromatic heterocycles. The second kappa shape index (κ2) is 10.2. The van der Waals surface area contributed by atoms with Crippen molar-refractivity contribution in [2.75, 3.05) is 0 Å². The van der Waals surface area contributed by atoms with E-state index in [-0.39, 0.29) is 33.9 Å². The van der Waals surface area contributed by atoms with E-state index in [1.807, 2.05) is 6.07 Å². The van der Waals surface area contributed by atoms with E-state index in [0.717, 1.165) is 29.5 Å². The lowest BCUT2D eigenvalue weighted by Crippen LogP contribution is -2.30. The molecular weight excluding hydrogens is 511 g/mol. The highest BCUT2D eigenvalue weighted by Crippen LogP contribution is 2.37. The molecule has 0 amide bonds.